The highest BCUT2D eigenvalue weighted by Gasteiger charge is 2.26. The Hall–Kier alpha value is -2.39. The summed E-state index contributed by atoms with van der Waals surface area (Å²) in [5.41, 5.74) is 1.85. The SMILES string of the molecule is N#Cc1ccc(CN2CCN(C(=O)CN3CCCC3=O)CC2)cc1. The lowest BCUT2D eigenvalue weighted by Gasteiger charge is -2.35. The average Bonchev–Trinajstić information content (AvgIpc) is 3.01. The summed E-state index contributed by atoms with van der Waals surface area (Å²) in [6, 6.07) is 9.76. The standard InChI is InChI=1S/C18H22N4O2/c19-12-15-3-5-16(6-4-15)13-20-8-10-21(11-9-20)18(24)14-22-7-1-2-17(22)23/h3-6H,1-2,7-11,13-14H2. The molecule has 2 amide bonds. The number of carbonyl (C=O) groups is 2. The van der Waals surface area contributed by atoms with E-state index in [9.17, 15) is 9.59 Å². The zero-order valence-electron chi connectivity index (χ0n) is 13.8. The summed E-state index contributed by atoms with van der Waals surface area (Å²) in [7, 11) is 0. The average molecular weight is 326 g/mol. The molecule has 6 heteroatoms. The molecule has 0 unspecified atom stereocenters. The highest BCUT2D eigenvalue weighted by Crippen LogP contribution is 2.12. The number of amides is 2. The van der Waals surface area contributed by atoms with E-state index in [0.29, 0.717) is 31.6 Å². The molecule has 2 aliphatic rings. The first-order valence-corrected chi connectivity index (χ1v) is 8.42. The third-order valence-electron chi connectivity index (χ3n) is 4.71. The number of hydrogen-bond donors (Lipinski definition) is 0. The van der Waals surface area contributed by atoms with E-state index in [4.69, 9.17) is 5.26 Å². The summed E-state index contributed by atoms with van der Waals surface area (Å²) < 4.78 is 0. The van der Waals surface area contributed by atoms with Crippen molar-refractivity contribution in [3.63, 3.8) is 0 Å². The number of rotatable bonds is 4. The predicted octanol–water partition coefficient (Wildman–Crippen LogP) is 0.825. The molecule has 1 aromatic rings. The van der Waals surface area contributed by atoms with E-state index in [0.717, 1.165) is 26.1 Å². The molecule has 0 aliphatic carbocycles. The molecule has 2 saturated heterocycles. The molecule has 0 bridgehead atoms. The maximum Gasteiger partial charge on any atom is 0.242 e. The minimum absolute atomic E-state index is 0.0586. The molecule has 126 valence electrons. The molecular weight excluding hydrogens is 304 g/mol. The van der Waals surface area contributed by atoms with Gasteiger partial charge in [0.1, 0.15) is 0 Å². The van der Waals surface area contributed by atoms with Crippen molar-refractivity contribution in [1.82, 2.24) is 14.7 Å². The maximum absolute atomic E-state index is 12.3. The molecule has 2 fully saturated rings. The Labute approximate surface area is 142 Å². The van der Waals surface area contributed by atoms with Crippen molar-refractivity contribution in [1.29, 1.82) is 5.26 Å². The maximum atomic E-state index is 12.3. The van der Waals surface area contributed by atoms with Crippen LogP contribution in [0, 0.1) is 11.3 Å². The van der Waals surface area contributed by atoms with E-state index in [1.807, 2.05) is 29.2 Å². The van der Waals surface area contributed by atoms with E-state index in [1.54, 1.807) is 4.90 Å². The molecule has 0 radical (unpaired) electrons. The Kier molecular flexibility index (Phi) is 5.11. The van der Waals surface area contributed by atoms with Gasteiger partial charge in [-0.1, -0.05) is 12.1 Å². The van der Waals surface area contributed by atoms with Crippen LogP contribution in [0.3, 0.4) is 0 Å². The Morgan fingerprint density at radius 3 is 2.38 bits per heavy atom. The first kappa shape index (κ1) is 16.5. The predicted molar refractivity (Wildman–Crippen MR) is 88.8 cm³/mol. The van der Waals surface area contributed by atoms with Gasteiger partial charge in [0.25, 0.3) is 0 Å². The minimum Gasteiger partial charge on any atom is -0.339 e. The highest BCUT2D eigenvalue weighted by atomic mass is 16.2. The normalized spacial score (nSPS) is 18.7. The van der Waals surface area contributed by atoms with E-state index in [2.05, 4.69) is 11.0 Å². The fourth-order valence-corrected chi connectivity index (χ4v) is 3.23. The third-order valence-corrected chi connectivity index (χ3v) is 4.71. The van der Waals surface area contributed by atoms with Crippen LogP contribution in [0.15, 0.2) is 24.3 Å². The molecule has 0 saturated carbocycles. The van der Waals surface area contributed by atoms with Gasteiger partial charge in [-0.05, 0) is 24.1 Å². The summed E-state index contributed by atoms with van der Waals surface area (Å²) in [5, 5.41) is 8.83. The topological polar surface area (TPSA) is 67.7 Å². The summed E-state index contributed by atoms with van der Waals surface area (Å²) in [6.07, 6.45) is 1.44. The van der Waals surface area contributed by atoms with Crippen LogP contribution in [0.1, 0.15) is 24.0 Å². The fraction of sp³-hybridized carbons (Fsp3) is 0.500. The molecule has 1 aromatic carbocycles. The summed E-state index contributed by atoms with van der Waals surface area (Å²) in [6.45, 7) is 4.85. The van der Waals surface area contributed by atoms with Crippen molar-refractivity contribution in [3.8, 4) is 6.07 Å². The summed E-state index contributed by atoms with van der Waals surface area (Å²) in [4.78, 5) is 29.8. The molecule has 0 atom stereocenters. The Morgan fingerprint density at radius 1 is 1.08 bits per heavy atom. The second-order valence-electron chi connectivity index (χ2n) is 6.38. The van der Waals surface area contributed by atoms with Gasteiger partial charge in [-0.2, -0.15) is 5.26 Å². The number of hydrogen-bond acceptors (Lipinski definition) is 4. The van der Waals surface area contributed by atoms with Crippen molar-refractivity contribution in [2.75, 3.05) is 39.3 Å². The third kappa shape index (κ3) is 3.92. The molecule has 24 heavy (non-hydrogen) atoms. The van der Waals surface area contributed by atoms with Crippen molar-refractivity contribution in [2.24, 2.45) is 0 Å². The second-order valence-corrected chi connectivity index (χ2v) is 6.38. The van der Waals surface area contributed by atoms with Crippen LogP contribution < -0.4 is 0 Å². The fourth-order valence-electron chi connectivity index (χ4n) is 3.23. The lowest BCUT2D eigenvalue weighted by Crippen LogP contribution is -2.51. The van der Waals surface area contributed by atoms with Gasteiger partial charge in [-0.3, -0.25) is 14.5 Å². The lowest BCUT2D eigenvalue weighted by molar-refractivity contribution is -0.139. The lowest BCUT2D eigenvalue weighted by atomic mass is 10.1. The molecule has 6 nitrogen and oxygen atoms in total. The monoisotopic (exact) mass is 326 g/mol. The van der Waals surface area contributed by atoms with Gasteiger partial charge in [0.2, 0.25) is 11.8 Å². The van der Waals surface area contributed by atoms with Crippen LogP contribution in [0.2, 0.25) is 0 Å². The van der Waals surface area contributed by atoms with Gasteiger partial charge in [0.15, 0.2) is 0 Å². The van der Waals surface area contributed by atoms with Crippen LogP contribution in [-0.2, 0) is 16.1 Å². The van der Waals surface area contributed by atoms with Gasteiger partial charge in [0, 0.05) is 45.7 Å². The van der Waals surface area contributed by atoms with Gasteiger partial charge in [-0.25, -0.2) is 0 Å². The van der Waals surface area contributed by atoms with Crippen LogP contribution in [0.4, 0.5) is 0 Å². The zero-order valence-corrected chi connectivity index (χ0v) is 13.8. The molecule has 0 spiro atoms. The van der Waals surface area contributed by atoms with Crippen molar-refractivity contribution in [3.05, 3.63) is 35.4 Å². The molecule has 3 rings (SSSR count). The highest BCUT2D eigenvalue weighted by molar-refractivity contribution is 5.85. The summed E-state index contributed by atoms with van der Waals surface area (Å²) >= 11 is 0. The number of piperazine rings is 1. The number of benzene rings is 1. The molecule has 2 heterocycles. The molecular formula is C18H22N4O2. The largest absolute Gasteiger partial charge is 0.339 e. The Balaban J connectivity index is 1.45. The Bertz CT molecular complexity index is 642. The molecule has 2 aliphatic heterocycles. The number of nitriles is 1. The van der Waals surface area contributed by atoms with Crippen LogP contribution in [-0.4, -0.2) is 65.8 Å². The minimum atomic E-state index is 0.0586. The van der Waals surface area contributed by atoms with Crippen molar-refractivity contribution >= 4 is 11.8 Å². The first-order chi connectivity index (χ1) is 11.7. The van der Waals surface area contributed by atoms with E-state index >= 15 is 0 Å². The zero-order chi connectivity index (χ0) is 16.9. The Morgan fingerprint density at radius 2 is 1.79 bits per heavy atom. The quantitative estimate of drug-likeness (QED) is 0.822. The van der Waals surface area contributed by atoms with Crippen LogP contribution in [0.25, 0.3) is 0 Å². The molecule has 0 N–H and O–H groups in total. The van der Waals surface area contributed by atoms with Gasteiger partial charge >= 0.3 is 0 Å². The smallest absolute Gasteiger partial charge is 0.242 e. The van der Waals surface area contributed by atoms with Gasteiger partial charge in [0.05, 0.1) is 18.2 Å². The molecule has 0 aromatic heterocycles. The van der Waals surface area contributed by atoms with Crippen molar-refractivity contribution in [2.45, 2.75) is 19.4 Å². The van der Waals surface area contributed by atoms with Gasteiger partial charge in [-0.15, -0.1) is 0 Å². The number of carbonyl (C=O) groups excluding carboxylic acids is 2. The van der Waals surface area contributed by atoms with E-state index < -0.39 is 0 Å². The van der Waals surface area contributed by atoms with Crippen LogP contribution in [0.5, 0.6) is 0 Å². The van der Waals surface area contributed by atoms with Crippen molar-refractivity contribution < 1.29 is 9.59 Å². The van der Waals surface area contributed by atoms with Gasteiger partial charge < -0.3 is 9.80 Å². The van der Waals surface area contributed by atoms with Crippen LogP contribution >= 0.6 is 0 Å². The van der Waals surface area contributed by atoms with E-state index in [1.165, 1.54) is 5.56 Å². The summed E-state index contributed by atoms with van der Waals surface area (Å²) in [5.74, 6) is 0.158. The second kappa shape index (κ2) is 7.45. The first-order valence-electron chi connectivity index (χ1n) is 8.42. The number of likely N-dealkylation sites (tertiary alicyclic amines) is 1. The number of nitrogens with zero attached hydrogens (tertiary/aromatic N) is 4. The van der Waals surface area contributed by atoms with E-state index in [-0.39, 0.29) is 18.4 Å².